The van der Waals surface area contributed by atoms with Crippen LogP contribution in [-0.2, 0) is 4.79 Å². The van der Waals surface area contributed by atoms with E-state index in [0.29, 0.717) is 13.1 Å². The highest BCUT2D eigenvalue weighted by Crippen LogP contribution is 2.28. The molecule has 0 radical (unpaired) electrons. The van der Waals surface area contributed by atoms with E-state index >= 15 is 0 Å². The lowest BCUT2D eigenvalue weighted by molar-refractivity contribution is -0.138. The molecule has 1 N–H and O–H groups in total. The molecule has 5 rings (SSSR count). The summed E-state index contributed by atoms with van der Waals surface area (Å²) >= 11 is 0. The van der Waals surface area contributed by atoms with Crippen molar-refractivity contribution in [2.24, 2.45) is 5.92 Å². The van der Waals surface area contributed by atoms with Gasteiger partial charge < -0.3 is 9.80 Å². The largest absolute Gasteiger partial charge is 0.341 e. The number of hydrogen-bond acceptors (Lipinski definition) is 5. The molecule has 120 valence electrons. The number of aromatic nitrogens is 4. The number of carbonyl (C=O) groups is 2. The summed E-state index contributed by atoms with van der Waals surface area (Å²) in [7, 11) is 1.78. The van der Waals surface area contributed by atoms with Crippen LogP contribution in [0.3, 0.4) is 0 Å². The van der Waals surface area contributed by atoms with Crippen molar-refractivity contribution in [1.82, 2.24) is 29.4 Å². The second-order valence-corrected chi connectivity index (χ2v) is 6.09. The molecule has 0 spiro atoms. The second-order valence-electron chi connectivity index (χ2n) is 6.09. The van der Waals surface area contributed by atoms with Gasteiger partial charge in [-0.3, -0.25) is 19.5 Å². The number of piperidine rings is 1. The molecular formula is C14H16N6O3. The van der Waals surface area contributed by atoms with Gasteiger partial charge in [0.05, 0.1) is 5.92 Å². The third-order valence-corrected chi connectivity index (χ3v) is 4.79. The van der Waals surface area contributed by atoms with Gasteiger partial charge >= 0.3 is 0 Å². The maximum atomic E-state index is 12.8. The summed E-state index contributed by atoms with van der Waals surface area (Å²) in [5, 5.41) is 2.64. The van der Waals surface area contributed by atoms with Crippen LogP contribution in [0.25, 0.3) is 5.78 Å². The van der Waals surface area contributed by atoms with E-state index < -0.39 is 5.56 Å². The molecule has 2 aromatic rings. The number of hydrogen-bond donors (Lipinski definition) is 1. The van der Waals surface area contributed by atoms with E-state index in [1.165, 1.54) is 12.5 Å². The number of aromatic amines is 1. The van der Waals surface area contributed by atoms with Crippen LogP contribution < -0.4 is 5.56 Å². The van der Waals surface area contributed by atoms with Crippen LogP contribution in [-0.4, -0.2) is 67.4 Å². The van der Waals surface area contributed by atoms with Crippen LogP contribution in [0.1, 0.15) is 23.2 Å². The Bertz CT molecular complexity index is 856. The van der Waals surface area contributed by atoms with Gasteiger partial charge in [-0.15, -0.1) is 0 Å². The number of nitrogens with one attached hydrogen (secondary N) is 1. The van der Waals surface area contributed by atoms with E-state index in [0.717, 1.165) is 17.4 Å². The average molecular weight is 316 g/mol. The molecule has 0 saturated carbocycles. The predicted octanol–water partition coefficient (Wildman–Crippen LogP) is -0.890. The highest BCUT2D eigenvalue weighted by Gasteiger charge is 2.40. The zero-order chi connectivity index (χ0) is 16.1. The summed E-state index contributed by atoms with van der Waals surface area (Å²) in [5.41, 5.74) is -0.489. The standard InChI is InChI=1S/C14H16N6O3/c1-18-9-3-2-8(11(18)21)5-19(6-9)12(22)10-4-15-14-16-7-17-20(14)13(10)23/h4,7-9H,2-3,5-6H2,1H3,(H,15,16,17)/t8-,9+/m0/s1. The van der Waals surface area contributed by atoms with Crippen LogP contribution in [0.4, 0.5) is 0 Å². The highest BCUT2D eigenvalue weighted by atomic mass is 16.2. The fourth-order valence-corrected chi connectivity index (χ4v) is 3.44. The normalized spacial score (nSPS) is 24.3. The third-order valence-electron chi connectivity index (χ3n) is 4.79. The lowest BCUT2D eigenvalue weighted by Gasteiger charge is -2.32. The number of nitrogens with zero attached hydrogens (tertiary/aromatic N) is 5. The van der Waals surface area contributed by atoms with Gasteiger partial charge in [-0.05, 0) is 12.8 Å². The fourth-order valence-electron chi connectivity index (χ4n) is 3.44. The quantitative estimate of drug-likeness (QED) is 0.735. The Hall–Kier alpha value is -2.71. The van der Waals surface area contributed by atoms with Gasteiger partial charge in [0.15, 0.2) is 0 Å². The van der Waals surface area contributed by atoms with Crippen molar-refractivity contribution >= 4 is 17.6 Å². The van der Waals surface area contributed by atoms with Crippen molar-refractivity contribution in [2.45, 2.75) is 18.9 Å². The number of amides is 2. The first-order chi connectivity index (χ1) is 11.1. The number of likely N-dealkylation sites (N-methyl/N-ethyl adjacent to an activating group) is 1. The van der Waals surface area contributed by atoms with Crippen molar-refractivity contribution in [3.63, 3.8) is 0 Å². The van der Waals surface area contributed by atoms with Crippen molar-refractivity contribution in [3.8, 4) is 0 Å². The molecule has 0 aromatic carbocycles. The third kappa shape index (κ3) is 2.03. The van der Waals surface area contributed by atoms with Gasteiger partial charge in [0.25, 0.3) is 17.2 Å². The maximum Gasteiger partial charge on any atom is 0.286 e. The minimum absolute atomic E-state index is 0.0109. The molecule has 3 aliphatic heterocycles. The maximum absolute atomic E-state index is 12.8. The molecule has 3 aliphatic rings. The molecule has 0 unspecified atom stereocenters. The Morgan fingerprint density at radius 3 is 2.91 bits per heavy atom. The summed E-state index contributed by atoms with van der Waals surface area (Å²) in [6.45, 7) is 0.798. The van der Waals surface area contributed by atoms with Gasteiger partial charge in [-0.1, -0.05) is 0 Å². The van der Waals surface area contributed by atoms with E-state index in [1.807, 2.05) is 0 Å². The molecule has 0 aliphatic carbocycles. The van der Waals surface area contributed by atoms with Gasteiger partial charge in [0.1, 0.15) is 11.9 Å². The molecule has 3 saturated heterocycles. The number of rotatable bonds is 1. The minimum Gasteiger partial charge on any atom is -0.341 e. The van der Waals surface area contributed by atoms with Crippen LogP contribution >= 0.6 is 0 Å². The van der Waals surface area contributed by atoms with E-state index in [4.69, 9.17) is 0 Å². The second kappa shape index (κ2) is 4.90. The SMILES string of the molecule is CN1C(=O)[C@H]2CC[C@@H]1CN(C(=O)c1cnc3nc[nH]n3c1=O)C2. The average Bonchev–Trinajstić information content (AvgIpc) is 2.87. The fraction of sp³-hybridized carbons (Fsp3) is 0.500. The molecule has 3 fully saturated rings. The Morgan fingerprint density at radius 2 is 2.09 bits per heavy atom. The minimum atomic E-state index is -0.478. The zero-order valence-corrected chi connectivity index (χ0v) is 12.6. The zero-order valence-electron chi connectivity index (χ0n) is 12.6. The predicted molar refractivity (Wildman–Crippen MR) is 78.8 cm³/mol. The molecule has 5 heterocycles. The van der Waals surface area contributed by atoms with Crippen LogP contribution in [0.2, 0.25) is 0 Å². The number of carbonyl (C=O) groups excluding carboxylic acids is 2. The van der Waals surface area contributed by atoms with Crippen molar-refractivity contribution in [1.29, 1.82) is 0 Å². The van der Waals surface area contributed by atoms with Crippen molar-refractivity contribution in [3.05, 3.63) is 28.4 Å². The first kappa shape index (κ1) is 13.9. The van der Waals surface area contributed by atoms with E-state index in [9.17, 15) is 14.4 Å². The molecule has 2 bridgehead atoms. The van der Waals surface area contributed by atoms with Crippen molar-refractivity contribution < 1.29 is 9.59 Å². The molecule has 2 aromatic heterocycles. The van der Waals surface area contributed by atoms with E-state index in [1.54, 1.807) is 16.8 Å². The van der Waals surface area contributed by atoms with Gasteiger partial charge in [-0.25, -0.2) is 9.97 Å². The number of fused-ring (bicyclic) bond motifs is 5. The Morgan fingerprint density at radius 1 is 1.26 bits per heavy atom. The van der Waals surface area contributed by atoms with Crippen molar-refractivity contribution in [2.75, 3.05) is 20.1 Å². The van der Waals surface area contributed by atoms with Crippen LogP contribution in [0.5, 0.6) is 0 Å². The molecule has 9 heteroatoms. The summed E-state index contributed by atoms with van der Waals surface area (Å²) < 4.78 is 1.14. The summed E-state index contributed by atoms with van der Waals surface area (Å²) in [4.78, 5) is 48.6. The highest BCUT2D eigenvalue weighted by molar-refractivity contribution is 5.94. The van der Waals surface area contributed by atoms with Gasteiger partial charge in [0, 0.05) is 32.4 Å². The molecule has 9 nitrogen and oxygen atoms in total. The molecule has 23 heavy (non-hydrogen) atoms. The lowest BCUT2D eigenvalue weighted by atomic mass is 9.95. The first-order valence-corrected chi connectivity index (χ1v) is 7.53. The number of H-pyrrole nitrogens is 1. The summed E-state index contributed by atoms with van der Waals surface area (Å²) in [6.07, 6.45) is 4.28. The lowest BCUT2D eigenvalue weighted by Crippen LogP contribution is -2.45. The van der Waals surface area contributed by atoms with E-state index in [-0.39, 0.29) is 35.1 Å². The molecular weight excluding hydrogens is 300 g/mol. The monoisotopic (exact) mass is 316 g/mol. The Balaban J connectivity index is 1.70. The van der Waals surface area contributed by atoms with E-state index in [2.05, 4.69) is 15.1 Å². The van der Waals surface area contributed by atoms with Gasteiger partial charge in [0.2, 0.25) is 5.91 Å². The topological polar surface area (TPSA) is 104 Å². The van der Waals surface area contributed by atoms with Crippen LogP contribution in [0, 0.1) is 5.92 Å². The van der Waals surface area contributed by atoms with Gasteiger partial charge in [-0.2, -0.15) is 4.52 Å². The smallest absolute Gasteiger partial charge is 0.286 e. The first-order valence-electron chi connectivity index (χ1n) is 7.53. The molecule has 2 atom stereocenters. The Kier molecular flexibility index (Phi) is 2.97. The molecule has 2 amide bonds. The van der Waals surface area contributed by atoms with Crippen LogP contribution in [0.15, 0.2) is 17.3 Å². The summed E-state index contributed by atoms with van der Waals surface area (Å²) in [5.74, 6) is -0.270. The summed E-state index contributed by atoms with van der Waals surface area (Å²) in [6, 6.07) is 0.0109. The Labute approximate surface area is 130 Å².